The van der Waals surface area contributed by atoms with Gasteiger partial charge in [-0.25, -0.2) is 0 Å². The zero-order chi connectivity index (χ0) is 12.3. The minimum absolute atomic E-state index is 0. The molecule has 1 saturated carbocycles. The van der Waals surface area contributed by atoms with Crippen LogP contribution in [0.2, 0.25) is 0 Å². The van der Waals surface area contributed by atoms with E-state index in [1.54, 1.807) is 0 Å². The number of hydrogen-bond donors (Lipinski definition) is 2. The molecule has 0 heterocycles. The summed E-state index contributed by atoms with van der Waals surface area (Å²) in [5, 5.41) is 18.2. The van der Waals surface area contributed by atoms with Crippen LogP contribution in [0.4, 0.5) is 0 Å². The molecule has 0 saturated heterocycles. The Bertz CT molecular complexity index is 287. The zero-order valence-electron chi connectivity index (χ0n) is 12.6. The van der Waals surface area contributed by atoms with Gasteiger partial charge in [0, 0.05) is 0 Å². The molecule has 0 amide bonds. The molecule has 4 nitrogen and oxygen atoms in total. The summed E-state index contributed by atoms with van der Waals surface area (Å²) in [5.41, 5.74) is 0. The Labute approximate surface area is 135 Å². The maximum Gasteiger partial charge on any atom is 2.00 e. The van der Waals surface area contributed by atoms with Crippen LogP contribution in [-0.4, -0.2) is 59.9 Å². The van der Waals surface area contributed by atoms with Gasteiger partial charge in [0.1, 0.15) is 0 Å². The van der Waals surface area contributed by atoms with E-state index in [1.807, 2.05) is 13.8 Å². The van der Waals surface area contributed by atoms with Gasteiger partial charge in [-0.1, -0.05) is 20.3 Å². The molecule has 5 heteroatoms. The number of carbonyl (C=O) groups is 2. The summed E-state index contributed by atoms with van der Waals surface area (Å²) in [4.78, 5) is 22.2. The van der Waals surface area contributed by atoms with Gasteiger partial charge in [0.05, 0.1) is 11.8 Å². The number of rotatable bonds is 4. The van der Waals surface area contributed by atoms with Gasteiger partial charge in [0.25, 0.3) is 0 Å². The van der Waals surface area contributed by atoms with Gasteiger partial charge in [-0.15, -0.1) is 0 Å². The summed E-state index contributed by atoms with van der Waals surface area (Å²) >= 11 is 0. The van der Waals surface area contributed by atoms with Gasteiger partial charge in [-0.05, 0) is 31.1 Å². The summed E-state index contributed by atoms with van der Waals surface area (Å²) in [7, 11) is 0. The van der Waals surface area contributed by atoms with Gasteiger partial charge in [0.15, 0.2) is 0 Å². The van der Waals surface area contributed by atoms with Crippen LogP contribution in [0, 0.1) is 23.7 Å². The van der Waals surface area contributed by atoms with Crippen molar-refractivity contribution in [2.75, 3.05) is 0 Å². The molecule has 17 heavy (non-hydrogen) atoms. The molecule has 0 aromatic carbocycles. The molecule has 3 unspecified atom stereocenters. The first-order valence-electron chi connectivity index (χ1n) is 5.89. The fourth-order valence-corrected chi connectivity index (χ4v) is 2.81. The standard InChI is InChI=1S/C12H20O4.Ca.2H/c1-7(2)6-8-4-3-5-9(11(13)14)10(8)12(15)16;;;/h7-10H,3-6H2,1-2H3,(H,13,14)(H,15,16);;;/q;+2;2*-1. The van der Waals surface area contributed by atoms with E-state index in [0.717, 1.165) is 19.3 Å². The number of carboxylic acids is 2. The number of carboxylic acid groups (broad SMARTS) is 2. The molecular formula is C12H22CaO4. The van der Waals surface area contributed by atoms with Crippen LogP contribution in [0.3, 0.4) is 0 Å². The van der Waals surface area contributed by atoms with E-state index < -0.39 is 23.8 Å². The molecule has 1 rings (SSSR count). The van der Waals surface area contributed by atoms with E-state index in [1.165, 1.54) is 0 Å². The predicted octanol–water partition coefficient (Wildman–Crippen LogP) is 2.08. The average molecular weight is 270 g/mol. The second-order valence-corrected chi connectivity index (χ2v) is 5.13. The maximum atomic E-state index is 11.2. The normalized spacial score (nSPS) is 28.5. The third kappa shape index (κ3) is 4.76. The SMILES string of the molecule is CC(C)CC1CCCC(C(=O)O)C1C(=O)O.[Ca+2].[H-].[H-]. The molecule has 0 aliphatic heterocycles. The Morgan fingerprint density at radius 2 is 1.82 bits per heavy atom. The zero-order valence-corrected chi connectivity index (χ0v) is 12.8. The van der Waals surface area contributed by atoms with E-state index >= 15 is 0 Å². The van der Waals surface area contributed by atoms with Crippen LogP contribution >= 0.6 is 0 Å². The van der Waals surface area contributed by atoms with Crippen LogP contribution in [0.15, 0.2) is 0 Å². The summed E-state index contributed by atoms with van der Waals surface area (Å²) in [6.07, 6.45) is 2.98. The summed E-state index contributed by atoms with van der Waals surface area (Å²) in [6, 6.07) is 0. The van der Waals surface area contributed by atoms with Crippen LogP contribution in [0.1, 0.15) is 42.4 Å². The monoisotopic (exact) mass is 270 g/mol. The van der Waals surface area contributed by atoms with Gasteiger partial charge >= 0.3 is 49.7 Å². The summed E-state index contributed by atoms with van der Waals surface area (Å²) in [5.74, 6) is -2.87. The minimum Gasteiger partial charge on any atom is -1.00 e. The first-order chi connectivity index (χ1) is 7.43. The Balaban J connectivity index is -0.000000853. The average Bonchev–Trinajstić information content (AvgIpc) is 2.15. The van der Waals surface area contributed by atoms with Crippen molar-refractivity contribution in [3.8, 4) is 0 Å². The number of hydrogen-bond acceptors (Lipinski definition) is 2. The molecule has 1 aliphatic carbocycles. The van der Waals surface area contributed by atoms with Gasteiger partial charge in [-0.3, -0.25) is 9.59 Å². The Morgan fingerprint density at radius 1 is 1.24 bits per heavy atom. The van der Waals surface area contributed by atoms with Gasteiger partial charge in [0.2, 0.25) is 0 Å². The minimum atomic E-state index is -0.958. The Kier molecular flexibility index (Phi) is 7.68. The molecule has 0 aromatic heterocycles. The largest absolute Gasteiger partial charge is 2.00 e. The third-order valence-corrected chi connectivity index (χ3v) is 3.41. The predicted molar refractivity (Wildman–Crippen MR) is 67.0 cm³/mol. The van der Waals surface area contributed by atoms with Crippen molar-refractivity contribution < 1.29 is 22.7 Å². The van der Waals surface area contributed by atoms with Crippen molar-refractivity contribution in [2.24, 2.45) is 23.7 Å². The van der Waals surface area contributed by atoms with Crippen LogP contribution < -0.4 is 0 Å². The Morgan fingerprint density at radius 3 is 2.24 bits per heavy atom. The molecular weight excluding hydrogens is 248 g/mol. The van der Waals surface area contributed by atoms with Crippen molar-refractivity contribution >= 4 is 49.7 Å². The third-order valence-electron chi connectivity index (χ3n) is 3.41. The molecule has 1 fully saturated rings. The van der Waals surface area contributed by atoms with Crippen LogP contribution in [-0.2, 0) is 9.59 Å². The summed E-state index contributed by atoms with van der Waals surface area (Å²) < 4.78 is 0. The van der Waals surface area contributed by atoms with E-state index in [4.69, 9.17) is 5.11 Å². The molecule has 0 spiro atoms. The fourth-order valence-electron chi connectivity index (χ4n) is 2.81. The van der Waals surface area contributed by atoms with Gasteiger partial charge in [-0.2, -0.15) is 0 Å². The maximum absolute atomic E-state index is 11.2. The Hall–Kier alpha value is 0.200. The molecule has 96 valence electrons. The second-order valence-electron chi connectivity index (χ2n) is 5.13. The number of aliphatic carboxylic acids is 2. The smallest absolute Gasteiger partial charge is 1.00 e. The van der Waals surface area contributed by atoms with E-state index in [9.17, 15) is 14.7 Å². The van der Waals surface area contributed by atoms with Crippen molar-refractivity contribution in [3.63, 3.8) is 0 Å². The molecule has 0 aromatic rings. The quantitative estimate of drug-likeness (QED) is 0.767. The first-order valence-corrected chi connectivity index (χ1v) is 5.89. The van der Waals surface area contributed by atoms with Crippen molar-refractivity contribution in [3.05, 3.63) is 0 Å². The molecule has 1 aliphatic rings. The second kappa shape index (κ2) is 7.59. The van der Waals surface area contributed by atoms with Gasteiger partial charge < -0.3 is 13.1 Å². The van der Waals surface area contributed by atoms with E-state index in [0.29, 0.717) is 12.3 Å². The van der Waals surface area contributed by atoms with Crippen molar-refractivity contribution in [1.82, 2.24) is 0 Å². The van der Waals surface area contributed by atoms with Crippen LogP contribution in [0.5, 0.6) is 0 Å². The molecule has 0 radical (unpaired) electrons. The molecule has 0 bridgehead atoms. The summed E-state index contributed by atoms with van der Waals surface area (Å²) in [6.45, 7) is 4.09. The molecule has 2 N–H and O–H groups in total. The topological polar surface area (TPSA) is 74.6 Å². The van der Waals surface area contributed by atoms with Crippen molar-refractivity contribution in [1.29, 1.82) is 0 Å². The van der Waals surface area contributed by atoms with E-state index in [-0.39, 0.29) is 46.5 Å². The fraction of sp³-hybridized carbons (Fsp3) is 0.833. The van der Waals surface area contributed by atoms with Crippen LogP contribution in [0.25, 0.3) is 0 Å². The molecule has 3 atom stereocenters. The first kappa shape index (κ1) is 17.2. The van der Waals surface area contributed by atoms with Crippen molar-refractivity contribution in [2.45, 2.75) is 39.5 Å². The van der Waals surface area contributed by atoms with E-state index in [2.05, 4.69) is 0 Å².